The number of carbonyl (C=O) groups is 1. The van der Waals surface area contributed by atoms with Gasteiger partial charge in [-0.3, -0.25) is 0 Å². The Morgan fingerprint density at radius 3 is 2.89 bits per heavy atom. The van der Waals surface area contributed by atoms with Crippen molar-refractivity contribution in [1.82, 2.24) is 9.97 Å². The van der Waals surface area contributed by atoms with E-state index in [1.54, 1.807) is 14.0 Å². The van der Waals surface area contributed by atoms with Gasteiger partial charge in [0.25, 0.3) is 0 Å². The summed E-state index contributed by atoms with van der Waals surface area (Å²) in [7, 11) is 1.67. The van der Waals surface area contributed by atoms with Gasteiger partial charge in [0.05, 0.1) is 6.61 Å². The minimum Gasteiger partial charge on any atom is -0.462 e. The van der Waals surface area contributed by atoms with Crippen molar-refractivity contribution in [3.63, 3.8) is 0 Å². The highest BCUT2D eigenvalue weighted by Gasteiger charge is 2.15. The standard InChI is InChI=1S/C12H19N3O3S/c1-4-18-11(16)9-7-14-12(15-10(9)13)19-8(2)5-6-17-3/h7-8H,4-6H2,1-3H3,(H2,13,14,15). The summed E-state index contributed by atoms with van der Waals surface area (Å²) in [4.78, 5) is 19.8. The molecule has 0 aliphatic carbocycles. The van der Waals surface area contributed by atoms with E-state index in [1.807, 2.05) is 0 Å². The lowest BCUT2D eigenvalue weighted by Gasteiger charge is -2.10. The van der Waals surface area contributed by atoms with Crippen molar-refractivity contribution < 1.29 is 14.3 Å². The number of methoxy groups -OCH3 is 1. The smallest absolute Gasteiger partial charge is 0.343 e. The van der Waals surface area contributed by atoms with Crippen molar-refractivity contribution in [3.8, 4) is 0 Å². The minimum atomic E-state index is -0.496. The molecular weight excluding hydrogens is 266 g/mol. The molecule has 1 unspecified atom stereocenters. The Morgan fingerprint density at radius 1 is 1.58 bits per heavy atom. The number of aromatic nitrogens is 2. The maximum atomic E-state index is 11.5. The van der Waals surface area contributed by atoms with E-state index in [0.29, 0.717) is 23.6 Å². The Hall–Kier alpha value is -1.34. The van der Waals surface area contributed by atoms with Gasteiger partial charge in [-0.05, 0) is 13.3 Å². The number of nitrogen functional groups attached to an aromatic ring is 1. The van der Waals surface area contributed by atoms with Gasteiger partial charge in [-0.15, -0.1) is 0 Å². The topological polar surface area (TPSA) is 87.3 Å². The first-order valence-electron chi connectivity index (χ1n) is 6.03. The molecule has 1 atom stereocenters. The molecule has 0 bridgehead atoms. The van der Waals surface area contributed by atoms with Crippen LogP contribution in [-0.4, -0.2) is 41.5 Å². The lowest BCUT2D eigenvalue weighted by Crippen LogP contribution is -2.11. The van der Waals surface area contributed by atoms with Gasteiger partial charge in [0.2, 0.25) is 0 Å². The normalized spacial score (nSPS) is 12.2. The third kappa shape index (κ3) is 5.04. The summed E-state index contributed by atoms with van der Waals surface area (Å²) in [5.74, 6) is -0.348. The van der Waals surface area contributed by atoms with Crippen molar-refractivity contribution in [2.24, 2.45) is 0 Å². The molecule has 7 heteroatoms. The van der Waals surface area contributed by atoms with Gasteiger partial charge in [-0.1, -0.05) is 18.7 Å². The summed E-state index contributed by atoms with van der Waals surface area (Å²) in [5.41, 5.74) is 5.94. The van der Waals surface area contributed by atoms with Gasteiger partial charge in [0.1, 0.15) is 11.4 Å². The molecule has 6 nitrogen and oxygen atoms in total. The van der Waals surface area contributed by atoms with Gasteiger partial charge in [0, 0.05) is 25.2 Å². The molecule has 0 radical (unpaired) electrons. The average molecular weight is 285 g/mol. The van der Waals surface area contributed by atoms with E-state index in [0.717, 1.165) is 6.42 Å². The van der Waals surface area contributed by atoms with Crippen molar-refractivity contribution in [3.05, 3.63) is 11.8 Å². The molecule has 1 heterocycles. The summed E-state index contributed by atoms with van der Waals surface area (Å²) in [6.07, 6.45) is 2.30. The molecule has 0 aliphatic heterocycles. The first-order valence-corrected chi connectivity index (χ1v) is 6.91. The molecule has 1 rings (SSSR count). The van der Waals surface area contributed by atoms with Crippen LogP contribution < -0.4 is 5.73 Å². The lowest BCUT2D eigenvalue weighted by molar-refractivity contribution is 0.0526. The number of nitrogens with zero attached hydrogens (tertiary/aromatic N) is 2. The van der Waals surface area contributed by atoms with Crippen LogP contribution in [-0.2, 0) is 9.47 Å². The Balaban J connectivity index is 2.68. The fourth-order valence-corrected chi connectivity index (χ4v) is 2.16. The zero-order valence-electron chi connectivity index (χ0n) is 11.4. The van der Waals surface area contributed by atoms with Crippen molar-refractivity contribution in [1.29, 1.82) is 0 Å². The summed E-state index contributed by atoms with van der Waals surface area (Å²) >= 11 is 1.50. The molecule has 1 aromatic heterocycles. The van der Waals surface area contributed by atoms with E-state index in [2.05, 4.69) is 16.9 Å². The summed E-state index contributed by atoms with van der Waals surface area (Å²) in [6.45, 7) is 4.77. The second-order valence-corrected chi connectivity index (χ2v) is 5.29. The van der Waals surface area contributed by atoms with Gasteiger partial charge < -0.3 is 15.2 Å². The number of hydrogen-bond acceptors (Lipinski definition) is 7. The van der Waals surface area contributed by atoms with Crippen LogP contribution in [0, 0.1) is 0 Å². The summed E-state index contributed by atoms with van der Waals surface area (Å²) in [6, 6.07) is 0. The quantitative estimate of drug-likeness (QED) is 0.464. The van der Waals surface area contributed by atoms with E-state index < -0.39 is 5.97 Å². The Kier molecular flexibility index (Phi) is 6.58. The van der Waals surface area contributed by atoms with E-state index in [-0.39, 0.29) is 11.4 Å². The van der Waals surface area contributed by atoms with Gasteiger partial charge in [-0.2, -0.15) is 0 Å². The maximum absolute atomic E-state index is 11.5. The lowest BCUT2D eigenvalue weighted by atomic mass is 10.3. The van der Waals surface area contributed by atoms with Crippen LogP contribution in [0.15, 0.2) is 11.4 Å². The summed E-state index contributed by atoms with van der Waals surface area (Å²) < 4.78 is 9.87. The maximum Gasteiger partial charge on any atom is 0.343 e. The second-order valence-electron chi connectivity index (χ2n) is 3.88. The SMILES string of the molecule is CCOC(=O)c1cnc(SC(C)CCOC)nc1N. The fraction of sp³-hybridized carbons (Fsp3) is 0.583. The van der Waals surface area contributed by atoms with Crippen LogP contribution in [0.4, 0.5) is 5.82 Å². The number of thioether (sulfide) groups is 1. The molecule has 0 aromatic carbocycles. The molecule has 1 aromatic rings. The molecule has 106 valence electrons. The third-order valence-corrected chi connectivity index (χ3v) is 3.37. The van der Waals surface area contributed by atoms with Crippen molar-refractivity contribution in [2.45, 2.75) is 30.7 Å². The largest absolute Gasteiger partial charge is 0.462 e. The molecule has 0 fully saturated rings. The number of nitrogens with two attached hydrogens (primary N) is 1. The van der Waals surface area contributed by atoms with Crippen LogP contribution in [0.3, 0.4) is 0 Å². The fourth-order valence-electron chi connectivity index (χ4n) is 1.32. The van der Waals surface area contributed by atoms with E-state index >= 15 is 0 Å². The molecule has 2 N–H and O–H groups in total. The molecule has 19 heavy (non-hydrogen) atoms. The molecule has 0 aliphatic rings. The predicted molar refractivity (Wildman–Crippen MR) is 74.2 cm³/mol. The van der Waals surface area contributed by atoms with Crippen LogP contribution in [0.5, 0.6) is 0 Å². The van der Waals surface area contributed by atoms with Crippen LogP contribution in [0.2, 0.25) is 0 Å². The molecule has 0 saturated carbocycles. The third-order valence-electron chi connectivity index (χ3n) is 2.33. The highest BCUT2D eigenvalue weighted by atomic mass is 32.2. The van der Waals surface area contributed by atoms with E-state index in [9.17, 15) is 4.79 Å². The number of anilines is 1. The molecule has 0 spiro atoms. The molecule has 0 amide bonds. The molecular formula is C12H19N3O3S. The van der Waals surface area contributed by atoms with Gasteiger partial charge in [0.15, 0.2) is 5.16 Å². The van der Waals surface area contributed by atoms with Gasteiger partial charge >= 0.3 is 5.97 Å². The predicted octanol–water partition coefficient (Wildman–Crippen LogP) is 1.75. The Morgan fingerprint density at radius 2 is 2.32 bits per heavy atom. The first kappa shape index (κ1) is 15.7. The van der Waals surface area contributed by atoms with Crippen LogP contribution in [0.1, 0.15) is 30.6 Å². The van der Waals surface area contributed by atoms with Crippen LogP contribution >= 0.6 is 11.8 Å². The van der Waals surface area contributed by atoms with Crippen molar-refractivity contribution in [2.75, 3.05) is 26.1 Å². The Labute approximate surface area is 117 Å². The number of esters is 1. The average Bonchev–Trinajstić information content (AvgIpc) is 2.36. The zero-order chi connectivity index (χ0) is 14.3. The van der Waals surface area contributed by atoms with Crippen LogP contribution in [0.25, 0.3) is 0 Å². The monoisotopic (exact) mass is 285 g/mol. The van der Waals surface area contributed by atoms with Crippen molar-refractivity contribution >= 4 is 23.5 Å². The second kappa shape index (κ2) is 7.96. The van der Waals surface area contributed by atoms with E-state index in [4.69, 9.17) is 15.2 Å². The number of ether oxygens (including phenoxy) is 2. The van der Waals surface area contributed by atoms with Gasteiger partial charge in [-0.25, -0.2) is 14.8 Å². The first-order chi connectivity index (χ1) is 9.08. The molecule has 0 saturated heterocycles. The zero-order valence-corrected chi connectivity index (χ0v) is 12.2. The highest BCUT2D eigenvalue weighted by molar-refractivity contribution is 7.99. The summed E-state index contributed by atoms with van der Waals surface area (Å²) in [5, 5.41) is 0.863. The number of carbonyl (C=O) groups excluding carboxylic acids is 1. The number of rotatable bonds is 7. The highest BCUT2D eigenvalue weighted by Crippen LogP contribution is 2.23. The minimum absolute atomic E-state index is 0.148. The number of hydrogen-bond donors (Lipinski definition) is 1. The Bertz CT molecular complexity index is 429. The van der Waals surface area contributed by atoms with E-state index in [1.165, 1.54) is 18.0 Å².